The van der Waals surface area contributed by atoms with Gasteiger partial charge in [-0.2, -0.15) is 23.4 Å². The number of hydrogen-bond donors (Lipinski definition) is 2. The quantitative estimate of drug-likeness (QED) is 0.399. The number of carbonyl (C=O) groups is 1. The summed E-state index contributed by atoms with van der Waals surface area (Å²) in [5.74, 6) is -0.126. The van der Waals surface area contributed by atoms with Gasteiger partial charge in [-0.3, -0.25) is 9.89 Å². The summed E-state index contributed by atoms with van der Waals surface area (Å²) < 4.78 is 42.4. The second-order valence-corrected chi connectivity index (χ2v) is 9.65. The van der Waals surface area contributed by atoms with Crippen LogP contribution in [-0.2, 0) is 16.8 Å². The zero-order valence-electron chi connectivity index (χ0n) is 20.7. The van der Waals surface area contributed by atoms with Crippen LogP contribution in [0.2, 0.25) is 0 Å². The molecule has 36 heavy (non-hydrogen) atoms. The van der Waals surface area contributed by atoms with E-state index in [1.54, 1.807) is 41.4 Å². The molecule has 0 aliphatic carbocycles. The van der Waals surface area contributed by atoms with Crippen molar-refractivity contribution in [3.8, 4) is 22.5 Å². The number of halogens is 3. The monoisotopic (exact) mass is 499 g/mol. The molecule has 4 aromatic rings. The van der Waals surface area contributed by atoms with Gasteiger partial charge in [-0.15, -0.1) is 0 Å². The molecule has 4 rings (SSSR count). The molecule has 0 saturated carbocycles. The van der Waals surface area contributed by atoms with E-state index in [1.807, 2.05) is 34.9 Å². The number of nitrogens with zero attached hydrogens (tertiary/aromatic N) is 5. The highest BCUT2D eigenvalue weighted by Crippen LogP contribution is 2.36. The lowest BCUT2D eigenvalue weighted by Gasteiger charge is -2.28. The second-order valence-electron chi connectivity index (χ2n) is 9.65. The van der Waals surface area contributed by atoms with Crippen LogP contribution in [-0.4, -0.2) is 62.4 Å². The Bertz CT molecular complexity index is 1390. The number of likely N-dealkylation sites (N-methyl/N-ethyl adjacent to an activating group) is 1. The highest BCUT2D eigenvalue weighted by Gasteiger charge is 2.33. The van der Waals surface area contributed by atoms with Crippen molar-refractivity contribution in [3.05, 3.63) is 59.5 Å². The van der Waals surface area contributed by atoms with Crippen molar-refractivity contribution in [3.63, 3.8) is 0 Å². The first-order valence-corrected chi connectivity index (χ1v) is 11.3. The molecular weight excluding hydrogens is 471 g/mol. The van der Waals surface area contributed by atoms with Crippen LogP contribution in [0, 0.1) is 6.92 Å². The Morgan fingerprint density at radius 1 is 1.14 bits per heavy atom. The van der Waals surface area contributed by atoms with E-state index in [0.29, 0.717) is 22.5 Å². The Kier molecular flexibility index (Phi) is 6.61. The minimum atomic E-state index is -4.43. The van der Waals surface area contributed by atoms with E-state index in [1.165, 1.54) is 10.8 Å². The maximum Gasteiger partial charge on any atom is 0.393 e. The van der Waals surface area contributed by atoms with Crippen LogP contribution >= 0.6 is 0 Å². The Hall–Kier alpha value is -3.73. The summed E-state index contributed by atoms with van der Waals surface area (Å²) in [4.78, 5) is 18.2. The fourth-order valence-electron chi connectivity index (χ4n) is 4.24. The fourth-order valence-corrected chi connectivity index (χ4v) is 4.24. The molecule has 0 aliphatic heterocycles. The fraction of sp³-hybridized carbons (Fsp3) is 0.360. The smallest absolute Gasteiger partial charge is 0.346 e. The first kappa shape index (κ1) is 25.4. The molecule has 0 radical (unpaired) electrons. The van der Waals surface area contributed by atoms with Crippen LogP contribution in [0.25, 0.3) is 28.2 Å². The van der Waals surface area contributed by atoms with E-state index in [4.69, 9.17) is 0 Å². The summed E-state index contributed by atoms with van der Waals surface area (Å²) in [6.07, 6.45) is -2.56. The van der Waals surface area contributed by atoms with E-state index in [0.717, 1.165) is 11.1 Å². The van der Waals surface area contributed by atoms with Crippen molar-refractivity contribution in [2.45, 2.75) is 38.9 Å². The number of aromatic nitrogens is 5. The van der Waals surface area contributed by atoms with Crippen LogP contribution < -0.4 is 5.32 Å². The van der Waals surface area contributed by atoms with Gasteiger partial charge < -0.3 is 10.2 Å². The number of pyridine rings is 1. The van der Waals surface area contributed by atoms with E-state index in [9.17, 15) is 18.0 Å². The maximum atomic E-state index is 13.6. The third kappa shape index (κ3) is 5.40. The molecule has 190 valence electrons. The van der Waals surface area contributed by atoms with Crippen molar-refractivity contribution < 1.29 is 18.0 Å². The number of benzene rings is 1. The lowest BCUT2D eigenvalue weighted by molar-refractivity contribution is -0.127. The molecule has 2 N–H and O–H groups in total. The van der Waals surface area contributed by atoms with Crippen LogP contribution in [0.15, 0.2) is 42.9 Å². The molecule has 0 fully saturated rings. The second kappa shape index (κ2) is 9.38. The topological polar surface area (TPSA) is 91.2 Å². The largest absolute Gasteiger partial charge is 0.393 e. The maximum absolute atomic E-state index is 13.6. The molecule has 3 aromatic heterocycles. The third-order valence-corrected chi connectivity index (χ3v) is 5.88. The number of alkyl halides is 3. The zero-order chi connectivity index (χ0) is 26.3. The van der Waals surface area contributed by atoms with Crippen molar-refractivity contribution in [1.82, 2.24) is 35.0 Å². The molecule has 0 atom stereocenters. The zero-order valence-corrected chi connectivity index (χ0v) is 20.7. The number of hydrogen-bond acceptors (Lipinski definition) is 5. The SMILES string of the molecule is Cc1cc(-c2n[nH]c(-c3ccc(C(C)(C)NC(=O)CN(C)C)cc3)c2CC(F)(F)F)cn2ncnc12. The van der Waals surface area contributed by atoms with Gasteiger partial charge in [0, 0.05) is 17.3 Å². The minimum absolute atomic E-state index is 0.0488. The van der Waals surface area contributed by atoms with Crippen LogP contribution in [0.1, 0.15) is 30.5 Å². The minimum Gasteiger partial charge on any atom is -0.346 e. The molecule has 1 amide bonds. The van der Waals surface area contributed by atoms with Gasteiger partial charge in [0.1, 0.15) is 6.33 Å². The molecule has 0 bridgehead atoms. The number of aromatic amines is 1. The van der Waals surface area contributed by atoms with Gasteiger partial charge >= 0.3 is 6.18 Å². The highest BCUT2D eigenvalue weighted by atomic mass is 19.4. The summed E-state index contributed by atoms with van der Waals surface area (Å²) in [5, 5.41) is 14.2. The summed E-state index contributed by atoms with van der Waals surface area (Å²) in [6.45, 7) is 5.82. The number of fused-ring (bicyclic) bond motifs is 1. The Morgan fingerprint density at radius 3 is 2.47 bits per heavy atom. The van der Waals surface area contributed by atoms with Crippen LogP contribution in [0.5, 0.6) is 0 Å². The molecule has 0 spiro atoms. The predicted octanol–water partition coefficient (Wildman–Crippen LogP) is 4.11. The lowest BCUT2D eigenvalue weighted by atomic mass is 9.92. The van der Waals surface area contributed by atoms with E-state index >= 15 is 0 Å². The van der Waals surface area contributed by atoms with Crippen molar-refractivity contribution in [2.24, 2.45) is 0 Å². The van der Waals surface area contributed by atoms with Gasteiger partial charge in [-0.1, -0.05) is 24.3 Å². The third-order valence-electron chi connectivity index (χ3n) is 5.88. The normalized spacial score (nSPS) is 12.5. The van der Waals surface area contributed by atoms with Gasteiger partial charge in [0.25, 0.3) is 0 Å². The van der Waals surface area contributed by atoms with E-state index in [-0.39, 0.29) is 23.7 Å². The molecule has 11 heteroatoms. The molecule has 8 nitrogen and oxygen atoms in total. The summed E-state index contributed by atoms with van der Waals surface area (Å²) in [5.41, 5.74) is 3.18. The van der Waals surface area contributed by atoms with Crippen molar-refractivity contribution >= 4 is 11.6 Å². The van der Waals surface area contributed by atoms with Crippen molar-refractivity contribution in [1.29, 1.82) is 0 Å². The average Bonchev–Trinajstić information content (AvgIpc) is 3.39. The number of rotatable bonds is 7. The van der Waals surface area contributed by atoms with Crippen molar-refractivity contribution in [2.75, 3.05) is 20.6 Å². The van der Waals surface area contributed by atoms with Gasteiger partial charge in [-0.25, -0.2) is 9.50 Å². The molecule has 1 aromatic carbocycles. The summed E-state index contributed by atoms with van der Waals surface area (Å²) >= 11 is 0. The van der Waals surface area contributed by atoms with Gasteiger partial charge in [0.2, 0.25) is 5.91 Å². The summed E-state index contributed by atoms with van der Waals surface area (Å²) in [6, 6.07) is 8.83. The predicted molar refractivity (Wildman–Crippen MR) is 130 cm³/mol. The van der Waals surface area contributed by atoms with Gasteiger partial charge in [-0.05, 0) is 57.6 Å². The first-order valence-electron chi connectivity index (χ1n) is 11.3. The Morgan fingerprint density at radius 2 is 1.83 bits per heavy atom. The molecule has 0 unspecified atom stereocenters. The first-order chi connectivity index (χ1) is 16.8. The Balaban J connectivity index is 1.71. The van der Waals surface area contributed by atoms with E-state index < -0.39 is 18.1 Å². The molecule has 3 heterocycles. The summed E-state index contributed by atoms with van der Waals surface area (Å²) in [7, 11) is 3.62. The standard InChI is InChI=1S/C25H28F3N7O/c1-15-10-17(12-35-23(15)29-14-30-35)22-19(11-25(26,27)28)21(32-33-22)16-6-8-18(9-7-16)24(2,3)31-20(36)13-34(4)5/h6-10,12,14H,11,13H2,1-5H3,(H,31,36)(H,32,33). The molecular formula is C25H28F3N7O. The van der Waals surface area contributed by atoms with Gasteiger partial charge in [0.15, 0.2) is 5.65 Å². The number of aryl methyl sites for hydroxylation is 1. The van der Waals surface area contributed by atoms with Gasteiger partial charge in [0.05, 0.1) is 29.9 Å². The van der Waals surface area contributed by atoms with E-state index in [2.05, 4.69) is 25.6 Å². The Labute approximate surface area is 206 Å². The average molecular weight is 500 g/mol. The molecule has 0 aliphatic rings. The highest BCUT2D eigenvalue weighted by molar-refractivity contribution is 5.79. The number of H-pyrrole nitrogens is 1. The number of carbonyl (C=O) groups excluding carboxylic acids is 1. The molecule has 0 saturated heterocycles. The number of amides is 1. The van der Waals surface area contributed by atoms with Crippen LogP contribution in [0.4, 0.5) is 13.2 Å². The lowest BCUT2D eigenvalue weighted by Crippen LogP contribution is -2.44. The number of nitrogens with one attached hydrogen (secondary N) is 2. The van der Waals surface area contributed by atoms with Crippen LogP contribution in [0.3, 0.4) is 0 Å².